The van der Waals surface area contributed by atoms with Gasteiger partial charge in [0.2, 0.25) is 0 Å². The standard InChI is InChI=1S/C14H20N2O3S2/c1-9(2)15(7-11-5-4-6-20-11)14(19)16-10(3)21-8-12(16)13(17)18/h4-6,9-10,12H,7-8H2,1-3H3,(H,17,18). The lowest BCUT2D eigenvalue weighted by molar-refractivity contribution is -0.141. The maximum Gasteiger partial charge on any atom is 0.327 e. The predicted molar refractivity (Wildman–Crippen MR) is 85.6 cm³/mol. The number of carbonyl (C=O) groups excluding carboxylic acids is 1. The van der Waals surface area contributed by atoms with Crippen LogP contribution in [0, 0.1) is 0 Å². The molecule has 2 unspecified atom stereocenters. The third-order valence-electron chi connectivity index (χ3n) is 3.50. The van der Waals surface area contributed by atoms with E-state index in [2.05, 4.69) is 0 Å². The number of nitrogens with zero attached hydrogens (tertiary/aromatic N) is 2. The van der Waals surface area contributed by atoms with E-state index in [0.717, 1.165) is 4.88 Å². The molecule has 1 aliphatic heterocycles. The number of carboxylic acids is 1. The van der Waals surface area contributed by atoms with Gasteiger partial charge in [0.15, 0.2) is 0 Å². The summed E-state index contributed by atoms with van der Waals surface area (Å²) < 4.78 is 0. The fraction of sp³-hybridized carbons (Fsp3) is 0.571. The van der Waals surface area contributed by atoms with Crippen LogP contribution in [-0.2, 0) is 11.3 Å². The van der Waals surface area contributed by atoms with E-state index in [4.69, 9.17) is 0 Å². The van der Waals surface area contributed by atoms with Crippen molar-refractivity contribution in [2.75, 3.05) is 5.75 Å². The molecule has 116 valence electrons. The Labute approximate surface area is 132 Å². The molecule has 1 aromatic rings. The van der Waals surface area contributed by atoms with E-state index in [0.29, 0.717) is 12.3 Å². The van der Waals surface area contributed by atoms with Crippen LogP contribution < -0.4 is 0 Å². The van der Waals surface area contributed by atoms with Crippen LogP contribution in [0.25, 0.3) is 0 Å². The smallest absolute Gasteiger partial charge is 0.327 e. The van der Waals surface area contributed by atoms with Crippen molar-refractivity contribution in [3.63, 3.8) is 0 Å². The van der Waals surface area contributed by atoms with Crippen LogP contribution in [0.1, 0.15) is 25.6 Å². The summed E-state index contributed by atoms with van der Waals surface area (Å²) in [5.41, 5.74) is 0. The number of aliphatic carboxylic acids is 1. The van der Waals surface area contributed by atoms with Crippen molar-refractivity contribution in [3.8, 4) is 0 Å². The van der Waals surface area contributed by atoms with E-state index in [1.807, 2.05) is 38.3 Å². The van der Waals surface area contributed by atoms with Crippen molar-refractivity contribution in [1.82, 2.24) is 9.80 Å². The molecule has 0 saturated carbocycles. The zero-order chi connectivity index (χ0) is 15.6. The molecule has 2 atom stereocenters. The quantitative estimate of drug-likeness (QED) is 0.923. The molecule has 0 radical (unpaired) electrons. The van der Waals surface area contributed by atoms with Gasteiger partial charge >= 0.3 is 12.0 Å². The number of carboxylic acid groups (broad SMARTS) is 1. The molecule has 5 nitrogen and oxygen atoms in total. The van der Waals surface area contributed by atoms with Gasteiger partial charge in [0.1, 0.15) is 6.04 Å². The molecule has 21 heavy (non-hydrogen) atoms. The molecule has 2 amide bonds. The lowest BCUT2D eigenvalue weighted by Gasteiger charge is -2.34. The minimum Gasteiger partial charge on any atom is -0.480 e. The van der Waals surface area contributed by atoms with E-state index in [1.54, 1.807) is 16.2 Å². The SMILES string of the molecule is CC(C)N(Cc1cccs1)C(=O)N1C(C)SCC1C(=O)O. The normalized spacial score (nSPS) is 21.8. The largest absolute Gasteiger partial charge is 0.480 e. The van der Waals surface area contributed by atoms with Crippen molar-refractivity contribution in [2.45, 2.75) is 44.8 Å². The highest BCUT2D eigenvalue weighted by Crippen LogP contribution is 2.30. The van der Waals surface area contributed by atoms with Gasteiger partial charge in [0, 0.05) is 16.7 Å². The van der Waals surface area contributed by atoms with Gasteiger partial charge in [-0.3, -0.25) is 4.90 Å². The van der Waals surface area contributed by atoms with Crippen LogP contribution in [0.5, 0.6) is 0 Å². The van der Waals surface area contributed by atoms with Crippen LogP contribution in [0.15, 0.2) is 17.5 Å². The number of urea groups is 1. The lowest BCUT2D eigenvalue weighted by Crippen LogP contribution is -2.52. The molecule has 1 aromatic heterocycles. The number of rotatable bonds is 4. The molecule has 0 aromatic carbocycles. The Balaban J connectivity index is 2.19. The van der Waals surface area contributed by atoms with Crippen molar-refractivity contribution in [1.29, 1.82) is 0 Å². The summed E-state index contributed by atoms with van der Waals surface area (Å²) in [5, 5.41) is 11.2. The first-order chi connectivity index (χ1) is 9.91. The second-order valence-corrected chi connectivity index (χ2v) is 7.66. The number of amides is 2. The van der Waals surface area contributed by atoms with Gasteiger partial charge in [0.25, 0.3) is 0 Å². The molecular formula is C14H20N2O3S2. The molecule has 1 N–H and O–H groups in total. The van der Waals surface area contributed by atoms with Crippen molar-refractivity contribution < 1.29 is 14.7 Å². The van der Waals surface area contributed by atoms with E-state index in [1.165, 1.54) is 16.7 Å². The Morgan fingerprint density at radius 3 is 2.76 bits per heavy atom. The van der Waals surface area contributed by atoms with E-state index >= 15 is 0 Å². The first kappa shape index (κ1) is 16.2. The summed E-state index contributed by atoms with van der Waals surface area (Å²) in [4.78, 5) is 28.5. The topological polar surface area (TPSA) is 60.9 Å². The number of hydrogen-bond acceptors (Lipinski definition) is 4. The number of thioether (sulfide) groups is 1. The maximum absolute atomic E-state index is 12.8. The summed E-state index contributed by atoms with van der Waals surface area (Å²) in [5.74, 6) is -0.479. The fourth-order valence-corrected chi connectivity index (χ4v) is 4.18. The molecule has 0 spiro atoms. The van der Waals surface area contributed by atoms with Crippen molar-refractivity contribution in [2.24, 2.45) is 0 Å². The molecule has 7 heteroatoms. The van der Waals surface area contributed by atoms with Gasteiger partial charge in [-0.2, -0.15) is 0 Å². The predicted octanol–water partition coefficient (Wildman–Crippen LogP) is 2.93. The fourth-order valence-electron chi connectivity index (χ4n) is 2.31. The number of hydrogen-bond donors (Lipinski definition) is 1. The van der Waals surface area contributed by atoms with Gasteiger partial charge < -0.3 is 10.0 Å². The zero-order valence-electron chi connectivity index (χ0n) is 12.4. The summed E-state index contributed by atoms with van der Waals surface area (Å²) in [7, 11) is 0. The van der Waals surface area contributed by atoms with Crippen LogP contribution in [0.4, 0.5) is 4.79 Å². The van der Waals surface area contributed by atoms with Gasteiger partial charge in [-0.15, -0.1) is 23.1 Å². The molecule has 0 aliphatic carbocycles. The molecule has 0 bridgehead atoms. The van der Waals surface area contributed by atoms with Crippen LogP contribution in [-0.4, -0.2) is 50.1 Å². The van der Waals surface area contributed by atoms with Crippen LogP contribution >= 0.6 is 23.1 Å². The van der Waals surface area contributed by atoms with Crippen LogP contribution in [0.3, 0.4) is 0 Å². The average molecular weight is 328 g/mol. The summed E-state index contributed by atoms with van der Waals surface area (Å²) in [6, 6.07) is 3.04. The Morgan fingerprint density at radius 2 is 2.24 bits per heavy atom. The highest BCUT2D eigenvalue weighted by Gasteiger charge is 2.41. The maximum atomic E-state index is 12.8. The monoisotopic (exact) mass is 328 g/mol. The molecule has 1 fully saturated rings. The van der Waals surface area contributed by atoms with E-state index in [-0.39, 0.29) is 17.4 Å². The summed E-state index contributed by atoms with van der Waals surface area (Å²) >= 11 is 3.11. The average Bonchev–Trinajstić information content (AvgIpc) is 3.03. The first-order valence-electron chi connectivity index (χ1n) is 6.87. The first-order valence-corrected chi connectivity index (χ1v) is 8.80. The Hall–Kier alpha value is -1.21. The number of thiophene rings is 1. The van der Waals surface area contributed by atoms with Crippen molar-refractivity contribution in [3.05, 3.63) is 22.4 Å². The lowest BCUT2D eigenvalue weighted by atomic mass is 10.2. The Kier molecular flexibility index (Phi) is 5.16. The van der Waals surface area contributed by atoms with Crippen LogP contribution in [0.2, 0.25) is 0 Å². The zero-order valence-corrected chi connectivity index (χ0v) is 14.0. The summed E-state index contributed by atoms with van der Waals surface area (Å²) in [6.07, 6.45) is 0. The third kappa shape index (κ3) is 3.52. The summed E-state index contributed by atoms with van der Waals surface area (Å²) in [6.45, 7) is 6.31. The highest BCUT2D eigenvalue weighted by molar-refractivity contribution is 8.00. The molecule has 1 saturated heterocycles. The van der Waals surface area contributed by atoms with E-state index in [9.17, 15) is 14.7 Å². The second-order valence-electron chi connectivity index (χ2n) is 5.28. The minimum atomic E-state index is -0.931. The van der Waals surface area contributed by atoms with Gasteiger partial charge in [-0.25, -0.2) is 9.59 Å². The Bertz CT molecular complexity index is 504. The van der Waals surface area contributed by atoms with Gasteiger partial charge in [-0.05, 0) is 32.2 Å². The van der Waals surface area contributed by atoms with Gasteiger partial charge in [0.05, 0.1) is 11.9 Å². The molecular weight excluding hydrogens is 308 g/mol. The third-order valence-corrected chi connectivity index (χ3v) is 5.58. The Morgan fingerprint density at radius 1 is 1.52 bits per heavy atom. The second kappa shape index (κ2) is 6.70. The molecule has 2 rings (SSSR count). The molecule has 2 heterocycles. The minimum absolute atomic E-state index is 0.0202. The highest BCUT2D eigenvalue weighted by atomic mass is 32.2. The number of carbonyl (C=O) groups is 2. The van der Waals surface area contributed by atoms with Crippen molar-refractivity contribution >= 4 is 35.1 Å². The molecule has 1 aliphatic rings. The van der Waals surface area contributed by atoms with Gasteiger partial charge in [-0.1, -0.05) is 6.07 Å². The van der Waals surface area contributed by atoms with E-state index < -0.39 is 12.0 Å².